The summed E-state index contributed by atoms with van der Waals surface area (Å²) >= 11 is 0. The molecule has 0 amide bonds. The molecule has 0 aliphatic heterocycles. The van der Waals surface area contributed by atoms with Gasteiger partial charge in [0.15, 0.2) is 5.43 Å². The van der Waals surface area contributed by atoms with Crippen LogP contribution in [0.4, 0.5) is 3.89 Å². The minimum atomic E-state index is -5.21. The number of hydrogen-bond donors (Lipinski definition) is 1. The SMILES string of the molecule is CC(C)Oc1cc2c(=O)c3c4ccc(C#N)cc4[nH]c3n(C(C)C)c2cc1-c1cccc(OS(=O)(=O)F)c1. The highest BCUT2D eigenvalue weighted by atomic mass is 32.3. The molecule has 10 heteroatoms. The van der Waals surface area contributed by atoms with Crippen molar-refractivity contribution in [1.29, 1.82) is 5.26 Å². The van der Waals surface area contributed by atoms with Crippen LogP contribution in [0.25, 0.3) is 44.0 Å². The van der Waals surface area contributed by atoms with Gasteiger partial charge in [-0.2, -0.15) is 13.7 Å². The summed E-state index contributed by atoms with van der Waals surface area (Å²) in [6, 6.07) is 16.7. The lowest BCUT2D eigenvalue weighted by atomic mass is 10.00. The van der Waals surface area contributed by atoms with Crippen LogP contribution in [0.2, 0.25) is 0 Å². The Balaban J connectivity index is 1.88. The molecule has 0 saturated carbocycles. The number of pyridine rings is 1. The summed E-state index contributed by atoms with van der Waals surface area (Å²) < 4.78 is 47.9. The van der Waals surface area contributed by atoms with Gasteiger partial charge in [-0.3, -0.25) is 4.79 Å². The van der Waals surface area contributed by atoms with Crippen molar-refractivity contribution in [1.82, 2.24) is 9.55 Å². The lowest BCUT2D eigenvalue weighted by molar-refractivity contribution is 0.244. The van der Waals surface area contributed by atoms with Crippen molar-refractivity contribution < 1.29 is 21.2 Å². The first-order chi connectivity index (χ1) is 18.0. The maximum atomic E-state index is 13.9. The zero-order chi connectivity index (χ0) is 27.4. The van der Waals surface area contributed by atoms with Crippen molar-refractivity contribution in [3.63, 3.8) is 0 Å². The van der Waals surface area contributed by atoms with Crippen LogP contribution in [0.3, 0.4) is 0 Å². The van der Waals surface area contributed by atoms with E-state index in [-0.39, 0.29) is 23.3 Å². The molecular weight excluding hydrogens is 509 g/mol. The van der Waals surface area contributed by atoms with Gasteiger partial charge < -0.3 is 18.5 Å². The summed E-state index contributed by atoms with van der Waals surface area (Å²) in [7, 11) is -5.21. The van der Waals surface area contributed by atoms with E-state index in [1.165, 1.54) is 12.1 Å². The van der Waals surface area contributed by atoms with Gasteiger partial charge in [0.1, 0.15) is 17.1 Å². The molecule has 0 unspecified atom stereocenters. The zero-order valence-corrected chi connectivity index (χ0v) is 21.9. The summed E-state index contributed by atoms with van der Waals surface area (Å²) in [5, 5.41) is 11.0. The number of H-pyrrole nitrogens is 1. The van der Waals surface area contributed by atoms with E-state index in [2.05, 4.69) is 15.2 Å². The Kier molecular flexibility index (Phi) is 6.12. The number of benzene rings is 3. The zero-order valence-electron chi connectivity index (χ0n) is 21.1. The van der Waals surface area contributed by atoms with Crippen molar-refractivity contribution in [3.05, 3.63) is 70.4 Å². The Morgan fingerprint density at radius 1 is 1.03 bits per heavy atom. The van der Waals surface area contributed by atoms with Crippen molar-refractivity contribution >= 4 is 43.3 Å². The van der Waals surface area contributed by atoms with Crippen molar-refractivity contribution in [2.24, 2.45) is 0 Å². The molecule has 5 aromatic rings. The van der Waals surface area contributed by atoms with Crippen LogP contribution in [0, 0.1) is 11.3 Å². The Bertz CT molecular complexity index is 1950. The molecule has 2 heterocycles. The maximum Gasteiger partial charge on any atom is 0.488 e. The first-order valence-electron chi connectivity index (χ1n) is 12.0. The van der Waals surface area contributed by atoms with E-state index in [4.69, 9.17) is 4.74 Å². The van der Waals surface area contributed by atoms with E-state index < -0.39 is 10.5 Å². The molecule has 1 N–H and O–H groups in total. The monoisotopic (exact) mass is 533 g/mol. The fraction of sp³-hybridized carbons (Fsp3) is 0.214. The average molecular weight is 534 g/mol. The highest BCUT2D eigenvalue weighted by Crippen LogP contribution is 2.38. The Morgan fingerprint density at radius 3 is 2.45 bits per heavy atom. The third-order valence-corrected chi connectivity index (χ3v) is 6.59. The topological polar surface area (TPSA) is 114 Å². The molecule has 0 radical (unpaired) electrons. The van der Waals surface area contributed by atoms with Crippen LogP contribution in [0.15, 0.2) is 59.4 Å². The van der Waals surface area contributed by atoms with E-state index >= 15 is 0 Å². The van der Waals surface area contributed by atoms with Gasteiger partial charge in [-0.05, 0) is 69.7 Å². The molecule has 0 aliphatic carbocycles. The number of nitrogens with zero attached hydrogens (tertiary/aromatic N) is 2. The van der Waals surface area contributed by atoms with Crippen LogP contribution in [-0.2, 0) is 10.5 Å². The Morgan fingerprint density at radius 2 is 1.79 bits per heavy atom. The van der Waals surface area contributed by atoms with E-state index in [1.54, 1.807) is 36.4 Å². The second-order valence-electron chi connectivity index (χ2n) is 9.55. The number of nitriles is 1. The molecule has 0 atom stereocenters. The summed E-state index contributed by atoms with van der Waals surface area (Å²) in [6.45, 7) is 7.69. The normalized spacial score (nSPS) is 12.1. The number of fused-ring (bicyclic) bond motifs is 4. The van der Waals surface area contributed by atoms with Gasteiger partial charge in [0.2, 0.25) is 0 Å². The largest absolute Gasteiger partial charge is 0.490 e. The molecular formula is C28H24FN3O5S. The molecule has 0 fully saturated rings. The molecule has 194 valence electrons. The Hall–Kier alpha value is -4.36. The number of halogens is 1. The number of aromatic amines is 1. The Labute approximate surface area is 218 Å². The first-order valence-corrected chi connectivity index (χ1v) is 13.3. The molecule has 3 aromatic carbocycles. The van der Waals surface area contributed by atoms with Gasteiger partial charge in [-0.1, -0.05) is 22.1 Å². The number of rotatable bonds is 6. The third-order valence-electron chi connectivity index (χ3n) is 6.20. The van der Waals surface area contributed by atoms with E-state index in [9.17, 15) is 22.4 Å². The second-order valence-corrected chi connectivity index (χ2v) is 10.5. The molecule has 0 aliphatic rings. The van der Waals surface area contributed by atoms with Crippen LogP contribution in [0.5, 0.6) is 11.5 Å². The number of hydrogen-bond acceptors (Lipinski definition) is 6. The van der Waals surface area contributed by atoms with Crippen LogP contribution in [-0.4, -0.2) is 24.1 Å². The summed E-state index contributed by atoms with van der Waals surface area (Å²) in [4.78, 5) is 17.2. The van der Waals surface area contributed by atoms with Gasteiger partial charge in [0.05, 0.1) is 34.0 Å². The van der Waals surface area contributed by atoms with Crippen LogP contribution >= 0.6 is 0 Å². The van der Waals surface area contributed by atoms with Gasteiger partial charge in [-0.15, -0.1) is 0 Å². The lowest BCUT2D eigenvalue weighted by Crippen LogP contribution is -2.14. The molecule has 2 aromatic heterocycles. The van der Waals surface area contributed by atoms with Crippen LogP contribution < -0.4 is 14.3 Å². The third kappa shape index (κ3) is 4.46. The molecule has 8 nitrogen and oxygen atoms in total. The van der Waals surface area contributed by atoms with Gasteiger partial charge in [0.25, 0.3) is 0 Å². The fourth-order valence-electron chi connectivity index (χ4n) is 4.81. The number of ether oxygens (including phenoxy) is 1. The summed E-state index contributed by atoms with van der Waals surface area (Å²) in [5.74, 6) is 0.215. The van der Waals surface area contributed by atoms with E-state index in [1.807, 2.05) is 38.3 Å². The molecule has 5 rings (SSSR count). The quantitative estimate of drug-likeness (QED) is 0.262. The number of aromatic nitrogens is 2. The molecule has 0 saturated heterocycles. The lowest BCUT2D eigenvalue weighted by Gasteiger charge is -2.20. The summed E-state index contributed by atoms with van der Waals surface area (Å²) in [5.41, 5.74) is 3.29. The fourth-order valence-corrected chi connectivity index (χ4v) is 5.15. The minimum Gasteiger partial charge on any atom is -0.490 e. The summed E-state index contributed by atoms with van der Waals surface area (Å²) in [6.07, 6.45) is -0.231. The highest BCUT2D eigenvalue weighted by Gasteiger charge is 2.21. The maximum absolute atomic E-state index is 13.9. The smallest absolute Gasteiger partial charge is 0.488 e. The van der Waals surface area contributed by atoms with Crippen molar-refractivity contribution in [3.8, 4) is 28.7 Å². The predicted molar refractivity (Wildman–Crippen MR) is 145 cm³/mol. The first kappa shape index (κ1) is 25.3. The molecule has 0 bridgehead atoms. The second kappa shape index (κ2) is 9.19. The van der Waals surface area contributed by atoms with Gasteiger partial charge >= 0.3 is 10.5 Å². The highest BCUT2D eigenvalue weighted by molar-refractivity contribution is 7.81. The van der Waals surface area contributed by atoms with Crippen molar-refractivity contribution in [2.45, 2.75) is 39.8 Å². The van der Waals surface area contributed by atoms with Gasteiger partial charge in [0, 0.05) is 22.5 Å². The van der Waals surface area contributed by atoms with Gasteiger partial charge in [-0.25, -0.2) is 0 Å². The standard InChI is InChI=1S/C28H24FN3O5S/c1-15(2)32-24-12-21(18-6-5-7-19(11-18)37-38(29,34)35)25(36-16(3)4)13-22(24)27(33)26-20-9-8-17(14-30)10-23(20)31-28(26)32/h5-13,15-16,31H,1-4H3. The van der Waals surface area contributed by atoms with E-state index in [0.29, 0.717) is 55.3 Å². The predicted octanol–water partition coefficient (Wildman–Crippen LogP) is 6.14. The van der Waals surface area contributed by atoms with E-state index in [0.717, 1.165) is 0 Å². The van der Waals surface area contributed by atoms with Crippen molar-refractivity contribution in [2.75, 3.05) is 0 Å². The average Bonchev–Trinajstić information content (AvgIpc) is 3.21. The van der Waals surface area contributed by atoms with Crippen LogP contribution in [0.1, 0.15) is 39.3 Å². The minimum absolute atomic E-state index is 0.0693. The molecule has 0 spiro atoms. The molecule has 38 heavy (non-hydrogen) atoms. The number of nitrogens with one attached hydrogen (secondary N) is 1.